The fourth-order valence-corrected chi connectivity index (χ4v) is 4.47. The van der Waals surface area contributed by atoms with Gasteiger partial charge in [0.05, 0.1) is 25.0 Å². The van der Waals surface area contributed by atoms with Crippen LogP contribution < -0.4 is 0 Å². The van der Waals surface area contributed by atoms with Gasteiger partial charge in [-0.3, -0.25) is 9.58 Å². The average Bonchev–Trinajstić information content (AvgIpc) is 3.45. The number of hydrogen-bond donors (Lipinski definition) is 2. The van der Waals surface area contributed by atoms with Crippen molar-refractivity contribution in [3.05, 3.63) is 18.0 Å². The summed E-state index contributed by atoms with van der Waals surface area (Å²) >= 11 is 0. The van der Waals surface area contributed by atoms with Gasteiger partial charge in [0.2, 0.25) is 0 Å². The Balaban J connectivity index is 0.000000317. The number of carboxylic acids is 2. The number of carboxylic acid groups (broad SMARTS) is 2. The number of aliphatic carboxylic acids is 2. The first kappa shape index (κ1) is 32.8. The van der Waals surface area contributed by atoms with E-state index in [1.54, 1.807) is 0 Å². The van der Waals surface area contributed by atoms with Gasteiger partial charge in [0.15, 0.2) is 0 Å². The Kier molecular flexibility index (Phi) is 12.5. The molecule has 39 heavy (non-hydrogen) atoms. The van der Waals surface area contributed by atoms with E-state index in [1.165, 1.54) is 12.0 Å². The molecule has 16 heteroatoms. The molecule has 1 aromatic heterocycles. The molecule has 2 N–H and O–H groups in total. The van der Waals surface area contributed by atoms with E-state index in [2.05, 4.69) is 16.2 Å². The maximum absolute atomic E-state index is 10.6. The Labute approximate surface area is 220 Å². The summed E-state index contributed by atoms with van der Waals surface area (Å²) < 4.78 is 83.1. The van der Waals surface area contributed by atoms with Gasteiger partial charge in [-0.2, -0.15) is 31.4 Å². The largest absolute Gasteiger partial charge is 0.490 e. The van der Waals surface area contributed by atoms with Gasteiger partial charge in [-0.1, -0.05) is 0 Å². The Morgan fingerprint density at radius 1 is 1.00 bits per heavy atom. The molecule has 0 spiro atoms. The first-order valence-corrected chi connectivity index (χ1v) is 12.3. The third kappa shape index (κ3) is 11.7. The minimum absolute atomic E-state index is 0.277. The second-order valence-electron chi connectivity index (χ2n) is 9.42. The van der Waals surface area contributed by atoms with Crippen molar-refractivity contribution in [1.29, 1.82) is 0 Å². The van der Waals surface area contributed by atoms with Crippen LogP contribution in [-0.2, 0) is 37.4 Å². The SMILES string of the molecule is Cn1cc(CN2CC[C@@H]3O[C@@H](COCC4CCOCC4)CC[C@@H]32)cn1.O=C(O)C(F)(F)F.O=C(O)C(F)(F)F. The van der Waals surface area contributed by atoms with Gasteiger partial charge in [0, 0.05) is 57.8 Å². The predicted octanol–water partition coefficient (Wildman–Crippen LogP) is 3.25. The normalized spacial score (nSPS) is 24.1. The molecule has 3 aliphatic rings. The van der Waals surface area contributed by atoms with Crippen molar-refractivity contribution in [3.8, 4) is 0 Å². The minimum Gasteiger partial charge on any atom is -0.475 e. The van der Waals surface area contributed by atoms with Crippen LogP contribution in [0.1, 0.15) is 37.7 Å². The van der Waals surface area contributed by atoms with Crippen molar-refractivity contribution in [2.75, 3.05) is 33.0 Å². The van der Waals surface area contributed by atoms with Gasteiger partial charge in [-0.25, -0.2) is 9.59 Å². The lowest BCUT2D eigenvalue weighted by Gasteiger charge is -2.36. The van der Waals surface area contributed by atoms with Crippen molar-refractivity contribution >= 4 is 11.9 Å². The summed E-state index contributed by atoms with van der Waals surface area (Å²) in [5, 5.41) is 18.5. The number of likely N-dealkylation sites (tertiary alicyclic amines) is 1. The Morgan fingerprint density at radius 3 is 2.10 bits per heavy atom. The highest BCUT2D eigenvalue weighted by atomic mass is 19.4. The van der Waals surface area contributed by atoms with Crippen LogP contribution in [0.15, 0.2) is 12.4 Å². The third-order valence-electron chi connectivity index (χ3n) is 6.38. The summed E-state index contributed by atoms with van der Waals surface area (Å²) in [6.07, 6.45) is 0.324. The summed E-state index contributed by atoms with van der Waals surface area (Å²) in [5.74, 6) is -4.84. The van der Waals surface area contributed by atoms with Crippen molar-refractivity contribution in [3.63, 3.8) is 0 Å². The molecule has 10 nitrogen and oxygen atoms in total. The molecule has 3 aliphatic heterocycles. The van der Waals surface area contributed by atoms with Crippen LogP contribution >= 0.6 is 0 Å². The van der Waals surface area contributed by atoms with Crippen LogP contribution in [0, 0.1) is 5.92 Å². The zero-order valence-electron chi connectivity index (χ0n) is 21.3. The maximum atomic E-state index is 10.6. The molecule has 4 rings (SSSR count). The summed E-state index contributed by atoms with van der Waals surface area (Å²) in [7, 11) is 1.98. The molecule has 224 valence electrons. The summed E-state index contributed by atoms with van der Waals surface area (Å²) in [6.45, 7) is 5.52. The maximum Gasteiger partial charge on any atom is 0.490 e. The number of hydrogen-bond acceptors (Lipinski definition) is 7. The van der Waals surface area contributed by atoms with Crippen LogP contribution in [0.2, 0.25) is 0 Å². The summed E-state index contributed by atoms with van der Waals surface area (Å²) in [5.41, 5.74) is 1.30. The first-order chi connectivity index (χ1) is 18.2. The van der Waals surface area contributed by atoms with Gasteiger partial charge >= 0.3 is 24.3 Å². The average molecular weight is 578 g/mol. The lowest BCUT2D eigenvalue weighted by atomic mass is 9.99. The minimum atomic E-state index is -5.08. The van der Waals surface area contributed by atoms with Crippen LogP contribution in [0.5, 0.6) is 0 Å². The standard InChI is InChI=1S/C19H31N3O3.2C2HF3O2/c1-21-11-16(10-20-21)12-22-7-4-19-18(22)3-2-17(25-19)14-24-13-15-5-8-23-9-6-15;2*3-2(4,5)1(6)7/h10-11,15,17-19H,2-9,12-14H2,1H3;2*(H,6,7)/t17-,18+,19+;;/m1../s1. The van der Waals surface area contributed by atoms with E-state index in [4.69, 9.17) is 34.0 Å². The number of fused-ring (bicyclic) bond motifs is 1. The van der Waals surface area contributed by atoms with E-state index >= 15 is 0 Å². The van der Waals surface area contributed by atoms with Crippen molar-refractivity contribution in [2.24, 2.45) is 13.0 Å². The fraction of sp³-hybridized carbons (Fsp3) is 0.783. The Morgan fingerprint density at radius 2 is 1.59 bits per heavy atom. The first-order valence-electron chi connectivity index (χ1n) is 12.3. The molecule has 4 heterocycles. The predicted molar refractivity (Wildman–Crippen MR) is 122 cm³/mol. The van der Waals surface area contributed by atoms with Gasteiger partial charge in [-0.05, 0) is 38.0 Å². The lowest BCUT2D eigenvalue weighted by Crippen LogP contribution is -2.43. The zero-order valence-corrected chi connectivity index (χ0v) is 21.3. The number of nitrogens with zero attached hydrogens (tertiary/aromatic N) is 3. The molecule has 3 atom stereocenters. The second-order valence-corrected chi connectivity index (χ2v) is 9.42. The quantitative estimate of drug-likeness (QED) is 0.491. The third-order valence-corrected chi connectivity index (χ3v) is 6.38. The number of alkyl halides is 6. The molecule has 0 saturated carbocycles. The second kappa shape index (κ2) is 14.8. The number of carbonyl (C=O) groups is 2. The molecule has 0 radical (unpaired) electrons. The smallest absolute Gasteiger partial charge is 0.475 e. The number of halogens is 6. The molecule has 0 amide bonds. The van der Waals surface area contributed by atoms with Crippen LogP contribution in [-0.4, -0.2) is 100 Å². The topological polar surface area (TPSA) is 123 Å². The van der Waals surface area contributed by atoms with E-state index in [0.717, 1.165) is 65.2 Å². The Bertz CT molecular complexity index is 882. The van der Waals surface area contributed by atoms with Gasteiger partial charge in [0.25, 0.3) is 0 Å². The van der Waals surface area contributed by atoms with E-state index in [9.17, 15) is 26.3 Å². The van der Waals surface area contributed by atoms with Crippen LogP contribution in [0.4, 0.5) is 26.3 Å². The summed E-state index contributed by atoms with van der Waals surface area (Å²) in [6, 6.07) is 0.562. The highest BCUT2D eigenvalue weighted by molar-refractivity contribution is 5.73. The van der Waals surface area contributed by atoms with Crippen molar-refractivity contribution in [2.45, 2.75) is 69.3 Å². The molecule has 3 fully saturated rings. The highest BCUT2D eigenvalue weighted by Crippen LogP contribution is 2.32. The molecular weight excluding hydrogens is 544 g/mol. The van der Waals surface area contributed by atoms with Gasteiger partial charge in [0.1, 0.15) is 0 Å². The number of rotatable bonds is 6. The molecule has 1 aromatic rings. The lowest BCUT2D eigenvalue weighted by molar-refractivity contribution is -0.193. The zero-order chi connectivity index (χ0) is 29.2. The number of ether oxygens (including phenoxy) is 3. The summed E-state index contributed by atoms with van der Waals surface area (Å²) in [4.78, 5) is 20.4. The monoisotopic (exact) mass is 577 g/mol. The van der Waals surface area contributed by atoms with E-state index in [0.29, 0.717) is 18.1 Å². The molecule has 0 unspecified atom stereocenters. The number of aromatic nitrogens is 2. The fourth-order valence-electron chi connectivity index (χ4n) is 4.47. The number of aryl methyl sites for hydroxylation is 1. The van der Waals surface area contributed by atoms with Crippen LogP contribution in [0.25, 0.3) is 0 Å². The van der Waals surface area contributed by atoms with Crippen LogP contribution in [0.3, 0.4) is 0 Å². The van der Waals surface area contributed by atoms with Crippen molar-refractivity contribution < 1.29 is 60.4 Å². The van der Waals surface area contributed by atoms with Crippen molar-refractivity contribution in [1.82, 2.24) is 14.7 Å². The molecule has 0 aliphatic carbocycles. The van der Waals surface area contributed by atoms with E-state index in [-0.39, 0.29) is 6.10 Å². The molecular formula is C23H33F6N3O7. The Hall–Kier alpha value is -2.43. The molecule has 3 saturated heterocycles. The van der Waals surface area contributed by atoms with Gasteiger partial charge in [-0.15, -0.1) is 0 Å². The van der Waals surface area contributed by atoms with E-state index < -0.39 is 24.3 Å². The highest BCUT2D eigenvalue weighted by Gasteiger charge is 2.40. The molecule has 0 aromatic carbocycles. The molecule has 0 bridgehead atoms. The van der Waals surface area contributed by atoms with Gasteiger partial charge < -0.3 is 24.4 Å². The van der Waals surface area contributed by atoms with E-state index in [1.807, 2.05) is 17.9 Å².